The number of thiocarbonyl (C=S) groups is 1. The number of amides is 1. The zero-order valence-electron chi connectivity index (χ0n) is 12.0. The van der Waals surface area contributed by atoms with E-state index in [0.717, 1.165) is 20.6 Å². The maximum Gasteiger partial charge on any atom is 0.266 e. The van der Waals surface area contributed by atoms with Crippen LogP contribution >= 0.6 is 47.3 Å². The number of fused-ring (bicyclic) bond motifs is 1. The molecule has 1 amide bonds. The Morgan fingerprint density at radius 2 is 2.09 bits per heavy atom. The van der Waals surface area contributed by atoms with E-state index in [4.69, 9.17) is 23.8 Å². The quantitative estimate of drug-likeness (QED) is 0.565. The van der Waals surface area contributed by atoms with Gasteiger partial charge in [0, 0.05) is 23.5 Å². The number of carbonyl (C=O) groups is 1. The maximum absolute atomic E-state index is 12.2. The number of hydrogen-bond acceptors (Lipinski definition) is 5. The van der Waals surface area contributed by atoms with Crippen LogP contribution in [0.25, 0.3) is 0 Å². The van der Waals surface area contributed by atoms with Gasteiger partial charge in [-0.15, -0.1) is 0 Å². The first-order chi connectivity index (χ1) is 10.5. The highest BCUT2D eigenvalue weighted by Crippen LogP contribution is 2.46. The first-order valence-corrected chi connectivity index (χ1v) is 9.10. The highest BCUT2D eigenvalue weighted by atomic mass is 35.5. The maximum atomic E-state index is 12.2. The second-order valence-electron chi connectivity index (χ2n) is 4.73. The Morgan fingerprint density at radius 1 is 1.32 bits per heavy atom. The Labute approximate surface area is 148 Å². The van der Waals surface area contributed by atoms with E-state index >= 15 is 0 Å². The van der Waals surface area contributed by atoms with Crippen LogP contribution in [0, 0.1) is 0 Å². The van der Waals surface area contributed by atoms with E-state index in [1.807, 2.05) is 44.3 Å². The van der Waals surface area contributed by atoms with Crippen LogP contribution in [0.4, 0.5) is 5.69 Å². The van der Waals surface area contributed by atoms with Crippen molar-refractivity contribution in [1.29, 1.82) is 0 Å². The van der Waals surface area contributed by atoms with Gasteiger partial charge in [0.2, 0.25) is 0 Å². The van der Waals surface area contributed by atoms with E-state index in [-0.39, 0.29) is 5.91 Å². The molecule has 0 unspecified atom stereocenters. The lowest BCUT2D eigenvalue weighted by Crippen LogP contribution is -2.27. The van der Waals surface area contributed by atoms with E-state index < -0.39 is 0 Å². The topological polar surface area (TPSA) is 23.6 Å². The lowest BCUT2D eigenvalue weighted by atomic mass is 10.3. The predicted octanol–water partition coefficient (Wildman–Crippen LogP) is 4.49. The molecule has 22 heavy (non-hydrogen) atoms. The molecule has 0 aliphatic carbocycles. The van der Waals surface area contributed by atoms with Crippen LogP contribution in [0.1, 0.15) is 6.92 Å². The van der Waals surface area contributed by atoms with Crippen molar-refractivity contribution in [2.45, 2.75) is 11.8 Å². The molecule has 0 atom stereocenters. The van der Waals surface area contributed by atoms with Crippen molar-refractivity contribution >= 4 is 63.3 Å². The number of nitrogens with zero attached hydrogens (tertiary/aromatic N) is 2. The van der Waals surface area contributed by atoms with Crippen molar-refractivity contribution < 1.29 is 4.79 Å². The van der Waals surface area contributed by atoms with Gasteiger partial charge in [-0.3, -0.25) is 9.69 Å². The zero-order valence-corrected chi connectivity index (χ0v) is 15.2. The Morgan fingerprint density at radius 3 is 2.77 bits per heavy atom. The average Bonchev–Trinajstić information content (AvgIpc) is 2.94. The van der Waals surface area contributed by atoms with Crippen molar-refractivity contribution in [2.75, 3.05) is 18.5 Å². The van der Waals surface area contributed by atoms with Gasteiger partial charge in [0.1, 0.15) is 4.32 Å². The minimum absolute atomic E-state index is 0.0134. The van der Waals surface area contributed by atoms with Gasteiger partial charge in [-0.1, -0.05) is 47.3 Å². The third kappa shape index (κ3) is 2.80. The molecule has 1 aromatic carbocycles. The smallest absolute Gasteiger partial charge is 0.266 e. The number of anilines is 1. The summed E-state index contributed by atoms with van der Waals surface area (Å²) in [6.45, 7) is 2.53. The fourth-order valence-corrected chi connectivity index (χ4v) is 4.74. The number of rotatable bonds is 2. The van der Waals surface area contributed by atoms with Crippen LogP contribution < -0.4 is 4.90 Å². The predicted molar refractivity (Wildman–Crippen MR) is 99.5 cm³/mol. The number of hydrogen-bond donors (Lipinski definition) is 0. The molecule has 2 aliphatic rings. The third-order valence-corrected chi connectivity index (χ3v) is 6.21. The minimum atomic E-state index is -0.0134. The van der Waals surface area contributed by atoms with Gasteiger partial charge in [0.15, 0.2) is 0 Å². The van der Waals surface area contributed by atoms with Gasteiger partial charge in [-0.05, 0) is 37.3 Å². The molecule has 0 spiro atoms. The molecule has 114 valence electrons. The van der Waals surface area contributed by atoms with E-state index in [9.17, 15) is 4.79 Å². The molecule has 0 N–H and O–H groups in total. The molecule has 0 aromatic heterocycles. The molecule has 0 radical (unpaired) electrons. The van der Waals surface area contributed by atoms with Crippen molar-refractivity contribution in [1.82, 2.24) is 4.90 Å². The average molecular weight is 369 g/mol. The highest BCUT2D eigenvalue weighted by molar-refractivity contribution is 8.26. The van der Waals surface area contributed by atoms with Gasteiger partial charge in [0.25, 0.3) is 5.91 Å². The molecule has 1 saturated heterocycles. The Kier molecular flexibility index (Phi) is 4.54. The van der Waals surface area contributed by atoms with Crippen LogP contribution in [-0.2, 0) is 4.79 Å². The number of likely N-dealkylation sites (N-methyl/N-ethyl adjacent to an activating group) is 1. The number of halogens is 1. The summed E-state index contributed by atoms with van der Waals surface area (Å²) >= 11 is 14.3. The summed E-state index contributed by atoms with van der Waals surface area (Å²) < 4.78 is 0.625. The lowest BCUT2D eigenvalue weighted by Gasteiger charge is -2.13. The molecule has 3 rings (SSSR count). The van der Waals surface area contributed by atoms with Gasteiger partial charge < -0.3 is 4.90 Å². The Hall–Kier alpha value is -0.950. The SMILES string of the molecule is CCN1C(=O)/C(=C\C=C2/Sc3ccc(Cl)cc3N2C)SC1=S. The van der Waals surface area contributed by atoms with Crippen molar-refractivity contribution in [3.05, 3.63) is 45.3 Å². The van der Waals surface area contributed by atoms with E-state index in [1.165, 1.54) is 11.8 Å². The number of allylic oxidation sites excluding steroid dienone is 2. The standard InChI is InChI=1S/C15H13ClN2OS3/c1-3-18-14(19)12(22-15(18)20)6-7-13-17(2)10-8-9(16)4-5-11(10)21-13/h4-8H,3H2,1-2H3/b12-6+,13-7-. The molecule has 2 aliphatic heterocycles. The summed E-state index contributed by atoms with van der Waals surface area (Å²) in [7, 11) is 1.99. The molecule has 2 heterocycles. The number of carbonyl (C=O) groups excluding carboxylic acids is 1. The summed E-state index contributed by atoms with van der Waals surface area (Å²) in [5, 5.41) is 1.77. The minimum Gasteiger partial charge on any atom is -0.338 e. The molecule has 0 saturated carbocycles. The van der Waals surface area contributed by atoms with Crippen LogP contribution in [0.5, 0.6) is 0 Å². The van der Waals surface area contributed by atoms with E-state index in [1.54, 1.807) is 16.7 Å². The normalized spacial score (nSPS) is 21.4. The Balaban J connectivity index is 1.85. The zero-order chi connectivity index (χ0) is 15.9. The molecule has 1 aromatic rings. The number of thioether (sulfide) groups is 2. The second kappa shape index (κ2) is 6.28. The lowest BCUT2D eigenvalue weighted by molar-refractivity contribution is -0.122. The largest absolute Gasteiger partial charge is 0.338 e. The molecular formula is C15H13ClN2OS3. The first kappa shape index (κ1) is 15.9. The fourth-order valence-electron chi connectivity index (χ4n) is 2.22. The second-order valence-corrected chi connectivity index (χ2v) is 7.90. The monoisotopic (exact) mass is 368 g/mol. The summed E-state index contributed by atoms with van der Waals surface area (Å²) in [6, 6.07) is 5.84. The van der Waals surface area contributed by atoms with E-state index in [2.05, 4.69) is 4.90 Å². The molecular weight excluding hydrogens is 356 g/mol. The van der Waals surface area contributed by atoms with Crippen molar-refractivity contribution in [3.8, 4) is 0 Å². The van der Waals surface area contributed by atoms with Crippen LogP contribution in [0.3, 0.4) is 0 Å². The molecule has 7 heteroatoms. The Bertz CT molecular complexity index is 729. The summed E-state index contributed by atoms with van der Waals surface area (Å²) in [5.41, 5.74) is 1.08. The molecule has 1 fully saturated rings. The summed E-state index contributed by atoms with van der Waals surface area (Å²) in [6.07, 6.45) is 3.81. The molecule has 0 bridgehead atoms. The van der Waals surface area contributed by atoms with Gasteiger partial charge >= 0.3 is 0 Å². The van der Waals surface area contributed by atoms with Gasteiger partial charge in [0.05, 0.1) is 15.6 Å². The van der Waals surface area contributed by atoms with Crippen molar-refractivity contribution in [2.24, 2.45) is 0 Å². The molecule has 3 nitrogen and oxygen atoms in total. The van der Waals surface area contributed by atoms with Gasteiger partial charge in [-0.2, -0.15) is 0 Å². The van der Waals surface area contributed by atoms with Crippen LogP contribution in [0.2, 0.25) is 5.02 Å². The summed E-state index contributed by atoms with van der Waals surface area (Å²) in [4.78, 5) is 17.7. The fraction of sp³-hybridized carbons (Fsp3) is 0.200. The van der Waals surface area contributed by atoms with Crippen LogP contribution in [0.15, 0.2) is 45.2 Å². The third-order valence-electron chi connectivity index (χ3n) is 3.39. The highest BCUT2D eigenvalue weighted by Gasteiger charge is 2.30. The summed E-state index contributed by atoms with van der Waals surface area (Å²) in [5.74, 6) is -0.0134. The van der Waals surface area contributed by atoms with Crippen molar-refractivity contribution in [3.63, 3.8) is 0 Å². The first-order valence-electron chi connectivity index (χ1n) is 6.68. The van der Waals surface area contributed by atoms with E-state index in [0.29, 0.717) is 15.8 Å². The van der Waals surface area contributed by atoms with Crippen LogP contribution in [-0.4, -0.2) is 28.7 Å². The van der Waals surface area contributed by atoms with Gasteiger partial charge in [-0.25, -0.2) is 0 Å². The number of benzene rings is 1.